The molecule has 0 amide bonds. The maximum Gasteiger partial charge on any atom is 0.145 e. The van der Waals surface area contributed by atoms with Gasteiger partial charge < -0.3 is 4.74 Å². The molecule has 1 aliphatic heterocycles. The van der Waals surface area contributed by atoms with Crippen molar-refractivity contribution >= 4 is 17.3 Å². The summed E-state index contributed by atoms with van der Waals surface area (Å²) in [7, 11) is 0. The fourth-order valence-electron chi connectivity index (χ4n) is 2.30. The number of nitrogens with zero attached hydrogens (tertiary/aromatic N) is 1. The molecule has 0 bridgehead atoms. The van der Waals surface area contributed by atoms with Crippen LogP contribution < -0.4 is 9.80 Å². The van der Waals surface area contributed by atoms with E-state index in [9.17, 15) is 5.21 Å². The maximum atomic E-state index is 12.6. The van der Waals surface area contributed by atoms with E-state index in [1.165, 1.54) is 0 Å². The average molecular weight is 275 g/mol. The van der Waals surface area contributed by atoms with Crippen LogP contribution in [0.2, 0.25) is 5.02 Å². The third kappa shape index (κ3) is 1.95. The van der Waals surface area contributed by atoms with Gasteiger partial charge in [0.1, 0.15) is 23.6 Å². The van der Waals surface area contributed by atoms with Gasteiger partial charge in [0.25, 0.3) is 0 Å². The van der Waals surface area contributed by atoms with Crippen molar-refractivity contribution in [2.24, 2.45) is 0 Å². The Labute approximate surface area is 117 Å². The fourth-order valence-corrected chi connectivity index (χ4v) is 2.43. The zero-order valence-corrected chi connectivity index (χ0v) is 11.2. The van der Waals surface area contributed by atoms with Crippen LogP contribution in [-0.2, 0) is 10.7 Å². The van der Waals surface area contributed by atoms with Crippen molar-refractivity contribution in [3.05, 3.63) is 59.1 Å². The normalized spacial score (nSPS) is 21.7. The minimum atomic E-state index is -0.737. The van der Waals surface area contributed by atoms with Crippen LogP contribution in [0.1, 0.15) is 12.5 Å². The number of hydroxylamine groups is 1. The first-order valence-corrected chi connectivity index (χ1v) is 6.44. The van der Waals surface area contributed by atoms with E-state index in [-0.39, 0.29) is 0 Å². The lowest BCUT2D eigenvalue weighted by Gasteiger charge is -2.40. The second-order valence-electron chi connectivity index (χ2n) is 4.83. The lowest BCUT2D eigenvalue weighted by atomic mass is 9.91. The highest BCUT2D eigenvalue weighted by Crippen LogP contribution is 2.41. The zero-order chi connectivity index (χ0) is 13.5. The van der Waals surface area contributed by atoms with Gasteiger partial charge in [-0.1, -0.05) is 41.1 Å². The Kier molecular flexibility index (Phi) is 2.88. The molecule has 1 heterocycles. The summed E-state index contributed by atoms with van der Waals surface area (Å²) in [6.07, 6.45) is 0. The molecule has 3 rings (SSSR count). The van der Waals surface area contributed by atoms with Crippen molar-refractivity contribution < 1.29 is 9.94 Å². The second kappa shape index (κ2) is 4.44. The Morgan fingerprint density at radius 1 is 1.16 bits per heavy atom. The van der Waals surface area contributed by atoms with Crippen molar-refractivity contribution in [2.45, 2.75) is 12.5 Å². The van der Waals surface area contributed by atoms with E-state index >= 15 is 0 Å². The van der Waals surface area contributed by atoms with Crippen molar-refractivity contribution in [2.75, 3.05) is 11.7 Å². The molecular weight excluding hydrogens is 262 g/mol. The molecule has 3 nitrogen and oxygen atoms in total. The first-order chi connectivity index (χ1) is 9.11. The van der Waals surface area contributed by atoms with Gasteiger partial charge in [0.2, 0.25) is 0 Å². The predicted molar refractivity (Wildman–Crippen MR) is 73.9 cm³/mol. The number of ether oxygens (including phenoxy) is 1. The SMILES string of the molecule is CC1(c2ccc(Cl)cc2)COc2ccccc2N1[O]. The van der Waals surface area contributed by atoms with E-state index in [0.717, 1.165) is 10.6 Å². The zero-order valence-electron chi connectivity index (χ0n) is 10.5. The van der Waals surface area contributed by atoms with Crippen LogP contribution in [0.3, 0.4) is 0 Å². The third-order valence-corrected chi connectivity index (χ3v) is 3.76. The van der Waals surface area contributed by atoms with E-state index in [1.54, 1.807) is 18.2 Å². The Morgan fingerprint density at radius 3 is 2.58 bits per heavy atom. The van der Waals surface area contributed by atoms with Gasteiger partial charge in [0.15, 0.2) is 0 Å². The number of rotatable bonds is 1. The summed E-state index contributed by atoms with van der Waals surface area (Å²) in [5.41, 5.74) is 0.714. The minimum Gasteiger partial charge on any atom is -0.488 e. The van der Waals surface area contributed by atoms with Gasteiger partial charge in [-0.05, 0) is 36.8 Å². The lowest BCUT2D eigenvalue weighted by Crippen LogP contribution is -2.48. The van der Waals surface area contributed by atoms with E-state index in [0.29, 0.717) is 23.1 Å². The average Bonchev–Trinajstić information content (AvgIpc) is 2.44. The van der Waals surface area contributed by atoms with Gasteiger partial charge >= 0.3 is 0 Å². The standard InChI is InChI=1S/C15H13ClNO2/c1-15(11-6-8-12(16)9-7-11)10-19-14-5-3-2-4-13(14)17(15)18/h2-9H,10H2,1H3. The van der Waals surface area contributed by atoms with E-state index in [4.69, 9.17) is 16.3 Å². The molecule has 0 saturated heterocycles. The Morgan fingerprint density at radius 2 is 1.84 bits per heavy atom. The molecule has 0 fully saturated rings. The monoisotopic (exact) mass is 274 g/mol. The molecule has 0 N–H and O–H groups in total. The van der Waals surface area contributed by atoms with Crippen LogP contribution in [0, 0.1) is 0 Å². The molecule has 4 heteroatoms. The van der Waals surface area contributed by atoms with Crippen LogP contribution in [-0.4, -0.2) is 6.61 Å². The number of anilines is 1. The first-order valence-electron chi connectivity index (χ1n) is 6.06. The molecule has 1 aliphatic rings. The molecule has 2 aromatic rings. The topological polar surface area (TPSA) is 32.4 Å². The van der Waals surface area contributed by atoms with Crippen molar-refractivity contribution in [3.63, 3.8) is 0 Å². The van der Waals surface area contributed by atoms with Crippen LogP contribution >= 0.6 is 11.6 Å². The largest absolute Gasteiger partial charge is 0.488 e. The van der Waals surface area contributed by atoms with E-state index < -0.39 is 5.54 Å². The van der Waals surface area contributed by atoms with Gasteiger partial charge in [-0.2, -0.15) is 0 Å². The number of para-hydroxylation sites is 2. The van der Waals surface area contributed by atoms with Crippen LogP contribution in [0.5, 0.6) is 5.75 Å². The second-order valence-corrected chi connectivity index (χ2v) is 5.27. The molecular formula is C15H13ClNO2. The summed E-state index contributed by atoms with van der Waals surface area (Å²) in [5.74, 6) is 0.629. The van der Waals surface area contributed by atoms with Gasteiger partial charge in [-0.25, -0.2) is 5.06 Å². The Balaban J connectivity index is 2.04. The number of fused-ring (bicyclic) bond motifs is 1. The molecule has 0 saturated carbocycles. The highest BCUT2D eigenvalue weighted by Gasteiger charge is 2.40. The number of hydrogen-bond donors (Lipinski definition) is 0. The van der Waals surface area contributed by atoms with Crippen LogP contribution in [0.4, 0.5) is 5.69 Å². The van der Waals surface area contributed by atoms with Crippen LogP contribution in [0.25, 0.3) is 0 Å². The molecule has 2 aromatic carbocycles. The molecule has 0 aromatic heterocycles. The summed E-state index contributed by atoms with van der Waals surface area (Å²) in [5, 5.41) is 14.3. The number of hydrogen-bond acceptors (Lipinski definition) is 2. The number of halogens is 1. The molecule has 1 unspecified atom stereocenters. The predicted octanol–water partition coefficient (Wildman–Crippen LogP) is 3.80. The summed E-state index contributed by atoms with van der Waals surface area (Å²) in [6.45, 7) is 2.19. The van der Waals surface area contributed by atoms with Crippen molar-refractivity contribution in [1.29, 1.82) is 0 Å². The Hall–Kier alpha value is -1.71. The third-order valence-electron chi connectivity index (χ3n) is 3.51. The van der Waals surface area contributed by atoms with Gasteiger partial charge in [0.05, 0.1) is 0 Å². The van der Waals surface area contributed by atoms with Crippen molar-refractivity contribution in [3.8, 4) is 5.75 Å². The number of benzene rings is 2. The minimum absolute atomic E-state index is 0.315. The van der Waals surface area contributed by atoms with Crippen molar-refractivity contribution in [1.82, 2.24) is 0 Å². The summed E-state index contributed by atoms with van der Waals surface area (Å²) < 4.78 is 5.72. The highest BCUT2D eigenvalue weighted by molar-refractivity contribution is 6.30. The van der Waals surface area contributed by atoms with Gasteiger partial charge in [-0.3, -0.25) is 0 Å². The highest BCUT2D eigenvalue weighted by atomic mass is 35.5. The fraction of sp³-hybridized carbons (Fsp3) is 0.200. The lowest BCUT2D eigenvalue weighted by molar-refractivity contribution is 0.0396. The summed E-state index contributed by atoms with van der Waals surface area (Å²) in [6, 6.07) is 14.6. The van der Waals surface area contributed by atoms with Crippen LogP contribution in [0.15, 0.2) is 48.5 Å². The summed E-state index contributed by atoms with van der Waals surface area (Å²) in [4.78, 5) is 0. The maximum absolute atomic E-state index is 12.6. The smallest absolute Gasteiger partial charge is 0.145 e. The van der Waals surface area contributed by atoms with E-state index in [2.05, 4.69) is 0 Å². The quantitative estimate of drug-likeness (QED) is 0.792. The van der Waals surface area contributed by atoms with Gasteiger partial charge in [0, 0.05) is 5.02 Å². The molecule has 19 heavy (non-hydrogen) atoms. The Bertz CT molecular complexity index is 599. The molecule has 0 spiro atoms. The first kappa shape index (κ1) is 12.3. The molecule has 97 valence electrons. The van der Waals surface area contributed by atoms with E-state index in [1.807, 2.05) is 37.3 Å². The molecule has 1 radical (unpaired) electrons. The molecule has 0 aliphatic carbocycles. The molecule has 1 atom stereocenters. The summed E-state index contributed by atoms with van der Waals surface area (Å²) >= 11 is 5.89. The van der Waals surface area contributed by atoms with Gasteiger partial charge in [-0.15, -0.1) is 0 Å².